The smallest absolute Gasteiger partial charge is 0.293 e. The van der Waals surface area contributed by atoms with Crippen LogP contribution < -0.4 is 14.4 Å². The average Bonchev–Trinajstić information content (AvgIpc) is 2.46. The van der Waals surface area contributed by atoms with Gasteiger partial charge < -0.3 is 9.64 Å². The van der Waals surface area contributed by atoms with Crippen LogP contribution in [0.3, 0.4) is 0 Å². The van der Waals surface area contributed by atoms with Crippen LogP contribution >= 0.6 is 15.9 Å². The molecule has 2 rings (SSSR count). The fourth-order valence-electron chi connectivity index (χ4n) is 2.63. The molecule has 1 aliphatic rings. The van der Waals surface area contributed by atoms with Crippen molar-refractivity contribution in [2.24, 2.45) is 0 Å². The minimum absolute atomic E-state index is 0.00722. The number of hydrogen-bond donors (Lipinski definition) is 1. The topological polar surface area (TPSA) is 102 Å². The molecule has 10 heteroatoms. The van der Waals surface area contributed by atoms with E-state index in [4.69, 9.17) is 4.74 Å². The molecule has 1 aromatic carbocycles. The summed E-state index contributed by atoms with van der Waals surface area (Å²) in [4.78, 5) is 12.7. The van der Waals surface area contributed by atoms with Gasteiger partial charge in [-0.2, -0.15) is 0 Å². The van der Waals surface area contributed by atoms with E-state index in [0.29, 0.717) is 41.8 Å². The second-order valence-corrected chi connectivity index (χ2v) is 8.02. The van der Waals surface area contributed by atoms with Gasteiger partial charge in [0.15, 0.2) is 0 Å². The van der Waals surface area contributed by atoms with Gasteiger partial charge in [-0.25, -0.2) is 13.1 Å². The minimum atomic E-state index is -3.25. The van der Waals surface area contributed by atoms with Crippen molar-refractivity contribution in [1.82, 2.24) is 4.72 Å². The predicted molar refractivity (Wildman–Crippen MR) is 90.6 cm³/mol. The van der Waals surface area contributed by atoms with Crippen LogP contribution in [-0.4, -0.2) is 45.8 Å². The molecule has 0 atom stereocenters. The predicted octanol–water partition coefficient (Wildman–Crippen LogP) is 1.88. The third-order valence-electron chi connectivity index (χ3n) is 3.66. The molecule has 0 amide bonds. The van der Waals surface area contributed by atoms with Crippen molar-refractivity contribution in [3.8, 4) is 5.75 Å². The van der Waals surface area contributed by atoms with Gasteiger partial charge in [-0.15, -0.1) is 0 Å². The number of piperidine rings is 1. The van der Waals surface area contributed by atoms with E-state index in [-0.39, 0.29) is 11.7 Å². The molecule has 0 aromatic heterocycles. The first kappa shape index (κ1) is 18.0. The third kappa shape index (κ3) is 4.55. The molecule has 0 saturated carbocycles. The lowest BCUT2D eigenvalue weighted by molar-refractivity contribution is -0.384. The minimum Gasteiger partial charge on any atom is -0.495 e. The average molecular weight is 408 g/mol. The van der Waals surface area contributed by atoms with Crippen molar-refractivity contribution in [1.29, 1.82) is 0 Å². The van der Waals surface area contributed by atoms with Crippen LogP contribution in [0.5, 0.6) is 5.75 Å². The van der Waals surface area contributed by atoms with Crippen molar-refractivity contribution < 1.29 is 18.1 Å². The van der Waals surface area contributed by atoms with Crippen LogP contribution in [0.4, 0.5) is 11.4 Å². The number of nitro benzene ring substituents is 1. The molecule has 1 N–H and O–H groups in total. The van der Waals surface area contributed by atoms with Crippen molar-refractivity contribution in [2.75, 3.05) is 31.4 Å². The lowest BCUT2D eigenvalue weighted by Crippen LogP contribution is -2.44. The van der Waals surface area contributed by atoms with Crippen LogP contribution in [0.25, 0.3) is 0 Å². The number of nitrogens with one attached hydrogen (secondary N) is 1. The standard InChI is InChI=1S/C13H18BrN3O5S/c1-22-13-8-11(12(17(18)19)7-10(13)14)16-5-3-9(4-6-16)15-23(2,20)21/h7-9,15H,3-6H2,1-2H3. The Kier molecular flexibility index (Phi) is 5.48. The van der Waals surface area contributed by atoms with Gasteiger partial charge in [0.05, 0.1) is 22.8 Å². The quantitative estimate of drug-likeness (QED) is 0.590. The molecule has 8 nitrogen and oxygen atoms in total. The van der Waals surface area contributed by atoms with Gasteiger partial charge in [-0.3, -0.25) is 10.1 Å². The highest BCUT2D eigenvalue weighted by Gasteiger charge is 2.27. The molecule has 1 heterocycles. The molecular formula is C13H18BrN3O5S. The lowest BCUT2D eigenvalue weighted by Gasteiger charge is -2.33. The zero-order valence-electron chi connectivity index (χ0n) is 12.8. The highest BCUT2D eigenvalue weighted by Crippen LogP contribution is 2.38. The summed E-state index contributed by atoms with van der Waals surface area (Å²) in [6.07, 6.45) is 2.30. The van der Waals surface area contributed by atoms with Crippen molar-refractivity contribution in [3.63, 3.8) is 0 Å². The summed E-state index contributed by atoms with van der Waals surface area (Å²) in [5.74, 6) is 0.516. The van der Waals surface area contributed by atoms with E-state index in [2.05, 4.69) is 20.7 Å². The Balaban J connectivity index is 2.21. The fraction of sp³-hybridized carbons (Fsp3) is 0.538. The first-order valence-corrected chi connectivity index (χ1v) is 9.64. The summed E-state index contributed by atoms with van der Waals surface area (Å²) < 4.78 is 30.9. The van der Waals surface area contributed by atoms with Crippen LogP contribution in [0.1, 0.15) is 12.8 Å². The maximum atomic E-state index is 11.3. The number of sulfonamides is 1. The summed E-state index contributed by atoms with van der Waals surface area (Å²) in [5.41, 5.74) is 0.472. The molecule has 1 aromatic rings. The van der Waals surface area contributed by atoms with Crippen LogP contribution in [-0.2, 0) is 10.0 Å². The first-order chi connectivity index (χ1) is 10.7. The van der Waals surface area contributed by atoms with E-state index < -0.39 is 14.9 Å². The van der Waals surface area contributed by atoms with Crippen molar-refractivity contribution in [2.45, 2.75) is 18.9 Å². The highest BCUT2D eigenvalue weighted by molar-refractivity contribution is 9.10. The first-order valence-electron chi connectivity index (χ1n) is 6.95. The zero-order valence-corrected chi connectivity index (χ0v) is 15.2. The summed E-state index contributed by atoms with van der Waals surface area (Å²) in [6, 6.07) is 2.92. The molecule has 1 saturated heterocycles. The van der Waals surface area contributed by atoms with E-state index >= 15 is 0 Å². The van der Waals surface area contributed by atoms with E-state index in [1.54, 1.807) is 6.07 Å². The summed E-state index contributed by atoms with van der Waals surface area (Å²) in [6.45, 7) is 1.05. The number of ether oxygens (including phenoxy) is 1. The zero-order chi connectivity index (χ0) is 17.2. The Morgan fingerprint density at radius 1 is 1.39 bits per heavy atom. The van der Waals surface area contributed by atoms with E-state index in [0.717, 1.165) is 6.26 Å². The molecule has 0 unspecified atom stereocenters. The number of halogens is 1. The third-order valence-corrected chi connectivity index (χ3v) is 5.04. The number of methoxy groups -OCH3 is 1. The Labute approximate surface area is 143 Å². The molecule has 1 fully saturated rings. The van der Waals surface area contributed by atoms with Crippen LogP contribution in [0.2, 0.25) is 0 Å². The van der Waals surface area contributed by atoms with Crippen LogP contribution in [0.15, 0.2) is 16.6 Å². The highest BCUT2D eigenvalue weighted by atomic mass is 79.9. The van der Waals surface area contributed by atoms with Crippen LogP contribution in [0, 0.1) is 10.1 Å². The molecule has 0 spiro atoms. The maximum absolute atomic E-state index is 11.3. The summed E-state index contributed by atoms with van der Waals surface area (Å²) in [5, 5.41) is 11.3. The second-order valence-electron chi connectivity index (χ2n) is 5.38. The van der Waals surface area contributed by atoms with Gasteiger partial charge in [-0.1, -0.05) is 0 Å². The van der Waals surface area contributed by atoms with E-state index in [1.165, 1.54) is 13.2 Å². The van der Waals surface area contributed by atoms with Gasteiger partial charge in [0, 0.05) is 31.3 Å². The SMILES string of the molecule is COc1cc(N2CCC(NS(C)(=O)=O)CC2)c([N+](=O)[O-])cc1Br. The van der Waals surface area contributed by atoms with Crippen molar-refractivity contribution in [3.05, 3.63) is 26.7 Å². The molecule has 0 radical (unpaired) electrons. The molecular weight excluding hydrogens is 390 g/mol. The summed E-state index contributed by atoms with van der Waals surface area (Å²) in [7, 11) is -1.75. The number of nitro groups is 1. The largest absolute Gasteiger partial charge is 0.495 e. The Hall–Kier alpha value is -1.39. The number of nitrogens with zero attached hydrogens (tertiary/aromatic N) is 2. The van der Waals surface area contributed by atoms with Gasteiger partial charge in [0.2, 0.25) is 10.0 Å². The van der Waals surface area contributed by atoms with Crippen molar-refractivity contribution >= 4 is 37.3 Å². The molecule has 128 valence electrons. The van der Waals surface area contributed by atoms with Gasteiger partial charge in [-0.05, 0) is 28.8 Å². The van der Waals surface area contributed by atoms with Gasteiger partial charge in [0.25, 0.3) is 5.69 Å². The molecule has 1 aliphatic heterocycles. The number of hydrogen-bond acceptors (Lipinski definition) is 6. The molecule has 0 aliphatic carbocycles. The van der Waals surface area contributed by atoms with E-state index in [9.17, 15) is 18.5 Å². The second kappa shape index (κ2) is 7.02. The normalized spacial score (nSPS) is 16.4. The Morgan fingerprint density at radius 3 is 2.48 bits per heavy atom. The number of benzene rings is 1. The Bertz CT molecular complexity index is 702. The van der Waals surface area contributed by atoms with Gasteiger partial charge in [0.1, 0.15) is 11.4 Å². The number of anilines is 1. The lowest BCUT2D eigenvalue weighted by atomic mass is 10.0. The van der Waals surface area contributed by atoms with E-state index in [1.807, 2.05) is 4.90 Å². The number of rotatable bonds is 5. The summed E-state index contributed by atoms with van der Waals surface area (Å²) >= 11 is 3.25. The fourth-order valence-corrected chi connectivity index (χ4v) is 3.96. The van der Waals surface area contributed by atoms with Gasteiger partial charge >= 0.3 is 0 Å². The Morgan fingerprint density at radius 2 is 2.00 bits per heavy atom. The maximum Gasteiger partial charge on any atom is 0.293 e. The molecule has 23 heavy (non-hydrogen) atoms. The monoisotopic (exact) mass is 407 g/mol. The molecule has 0 bridgehead atoms.